The standard InChI is InChI=1S/C20H16N2O3/c1-24-18-7-6-15-9-14(4-5-16(15)11-18)10-17(12-21)20(23)22-13-19-3-2-8-25-19/h2-11H,13H2,1H3,(H,22,23)/b17-10+. The van der Waals surface area contributed by atoms with E-state index >= 15 is 0 Å². The van der Waals surface area contributed by atoms with Crippen LogP contribution in [0.5, 0.6) is 5.75 Å². The van der Waals surface area contributed by atoms with Crippen LogP contribution in [0, 0.1) is 11.3 Å². The van der Waals surface area contributed by atoms with Gasteiger partial charge in [0.25, 0.3) is 5.91 Å². The van der Waals surface area contributed by atoms with Crippen molar-refractivity contribution in [1.82, 2.24) is 5.32 Å². The number of amides is 1. The zero-order valence-corrected chi connectivity index (χ0v) is 13.7. The molecule has 0 fully saturated rings. The van der Waals surface area contributed by atoms with Crippen molar-refractivity contribution in [2.45, 2.75) is 6.54 Å². The van der Waals surface area contributed by atoms with E-state index in [1.165, 1.54) is 6.26 Å². The number of hydrogen-bond acceptors (Lipinski definition) is 4. The molecule has 0 aliphatic carbocycles. The van der Waals surface area contributed by atoms with Gasteiger partial charge in [0, 0.05) is 0 Å². The van der Waals surface area contributed by atoms with Crippen molar-refractivity contribution < 1.29 is 13.9 Å². The molecule has 1 heterocycles. The molecular formula is C20H16N2O3. The van der Waals surface area contributed by atoms with Crippen LogP contribution in [0.1, 0.15) is 11.3 Å². The van der Waals surface area contributed by atoms with E-state index in [4.69, 9.17) is 9.15 Å². The number of carbonyl (C=O) groups excluding carboxylic acids is 1. The zero-order valence-electron chi connectivity index (χ0n) is 13.7. The van der Waals surface area contributed by atoms with Gasteiger partial charge in [-0.3, -0.25) is 4.79 Å². The fraction of sp³-hybridized carbons (Fsp3) is 0.100. The maximum atomic E-state index is 12.2. The van der Waals surface area contributed by atoms with E-state index in [1.807, 2.05) is 42.5 Å². The van der Waals surface area contributed by atoms with Crippen LogP contribution in [0.3, 0.4) is 0 Å². The lowest BCUT2D eigenvalue weighted by atomic mass is 10.0. The van der Waals surface area contributed by atoms with Crippen LogP contribution in [0.2, 0.25) is 0 Å². The Morgan fingerprint density at radius 3 is 2.76 bits per heavy atom. The third-order valence-electron chi connectivity index (χ3n) is 3.75. The topological polar surface area (TPSA) is 75.3 Å². The first kappa shape index (κ1) is 16.3. The van der Waals surface area contributed by atoms with Crippen LogP contribution in [-0.4, -0.2) is 13.0 Å². The summed E-state index contributed by atoms with van der Waals surface area (Å²) in [6.07, 6.45) is 3.10. The Labute approximate surface area is 145 Å². The first-order valence-corrected chi connectivity index (χ1v) is 7.70. The predicted molar refractivity (Wildman–Crippen MR) is 94.6 cm³/mol. The molecular weight excluding hydrogens is 316 g/mol. The minimum Gasteiger partial charge on any atom is -0.497 e. The first-order chi connectivity index (χ1) is 12.2. The van der Waals surface area contributed by atoms with Gasteiger partial charge in [0.1, 0.15) is 23.2 Å². The number of furan rings is 1. The van der Waals surface area contributed by atoms with E-state index in [9.17, 15) is 10.1 Å². The number of hydrogen-bond donors (Lipinski definition) is 1. The predicted octanol–water partition coefficient (Wildman–Crippen LogP) is 3.66. The largest absolute Gasteiger partial charge is 0.497 e. The van der Waals surface area contributed by atoms with Gasteiger partial charge in [0.05, 0.1) is 19.9 Å². The minimum atomic E-state index is -0.436. The van der Waals surface area contributed by atoms with E-state index in [2.05, 4.69) is 5.32 Å². The SMILES string of the molecule is COc1ccc2cc(/C=C(\C#N)C(=O)NCc3ccco3)ccc2c1. The van der Waals surface area contributed by atoms with Crippen LogP contribution in [0.15, 0.2) is 64.8 Å². The molecule has 0 saturated carbocycles. The summed E-state index contributed by atoms with van der Waals surface area (Å²) in [7, 11) is 1.62. The van der Waals surface area contributed by atoms with Gasteiger partial charge in [-0.05, 0) is 52.7 Å². The molecule has 0 bridgehead atoms. The van der Waals surface area contributed by atoms with E-state index in [-0.39, 0.29) is 12.1 Å². The summed E-state index contributed by atoms with van der Waals surface area (Å²) >= 11 is 0. The molecule has 25 heavy (non-hydrogen) atoms. The number of nitrogens with zero attached hydrogens (tertiary/aromatic N) is 1. The molecule has 0 atom stereocenters. The van der Waals surface area contributed by atoms with E-state index in [0.29, 0.717) is 5.76 Å². The van der Waals surface area contributed by atoms with Crippen LogP contribution in [0.4, 0.5) is 0 Å². The fourth-order valence-electron chi connectivity index (χ4n) is 2.45. The summed E-state index contributed by atoms with van der Waals surface area (Å²) < 4.78 is 10.4. The Morgan fingerprint density at radius 2 is 2.04 bits per heavy atom. The lowest BCUT2D eigenvalue weighted by Gasteiger charge is -2.05. The molecule has 2 aromatic carbocycles. The Bertz CT molecular complexity index is 966. The second-order valence-electron chi connectivity index (χ2n) is 5.40. The van der Waals surface area contributed by atoms with Crippen molar-refractivity contribution >= 4 is 22.8 Å². The van der Waals surface area contributed by atoms with Crippen molar-refractivity contribution in [3.8, 4) is 11.8 Å². The molecule has 3 rings (SSSR count). The Kier molecular flexibility index (Phi) is 4.82. The number of fused-ring (bicyclic) bond motifs is 1. The number of benzene rings is 2. The maximum absolute atomic E-state index is 12.2. The zero-order chi connectivity index (χ0) is 17.6. The van der Waals surface area contributed by atoms with Crippen molar-refractivity contribution in [3.63, 3.8) is 0 Å². The van der Waals surface area contributed by atoms with Crippen LogP contribution >= 0.6 is 0 Å². The quantitative estimate of drug-likeness (QED) is 0.571. The van der Waals surface area contributed by atoms with E-state index in [0.717, 1.165) is 22.1 Å². The molecule has 0 radical (unpaired) electrons. The highest BCUT2D eigenvalue weighted by Crippen LogP contribution is 2.22. The second-order valence-corrected chi connectivity index (χ2v) is 5.40. The number of ether oxygens (including phenoxy) is 1. The van der Waals surface area contributed by atoms with Gasteiger partial charge in [-0.1, -0.05) is 18.2 Å². The first-order valence-electron chi connectivity index (χ1n) is 7.70. The molecule has 1 amide bonds. The lowest BCUT2D eigenvalue weighted by Crippen LogP contribution is -2.23. The van der Waals surface area contributed by atoms with E-state index < -0.39 is 5.91 Å². The molecule has 124 valence electrons. The molecule has 1 aromatic heterocycles. The number of nitrogens with one attached hydrogen (secondary N) is 1. The Hall–Kier alpha value is -3.52. The summed E-state index contributed by atoms with van der Waals surface area (Å²) in [4.78, 5) is 12.2. The lowest BCUT2D eigenvalue weighted by molar-refractivity contribution is -0.117. The van der Waals surface area contributed by atoms with Gasteiger partial charge < -0.3 is 14.5 Å². The van der Waals surface area contributed by atoms with Crippen molar-refractivity contribution in [2.75, 3.05) is 7.11 Å². The van der Waals surface area contributed by atoms with Gasteiger partial charge >= 0.3 is 0 Å². The third-order valence-corrected chi connectivity index (χ3v) is 3.75. The number of rotatable bonds is 5. The monoisotopic (exact) mass is 332 g/mol. The van der Waals surface area contributed by atoms with Gasteiger partial charge in [-0.2, -0.15) is 5.26 Å². The molecule has 5 nitrogen and oxygen atoms in total. The average Bonchev–Trinajstić information content (AvgIpc) is 3.17. The number of carbonyl (C=O) groups is 1. The van der Waals surface area contributed by atoms with Gasteiger partial charge in [0.15, 0.2) is 0 Å². The minimum absolute atomic E-state index is 0.0411. The van der Waals surface area contributed by atoms with Crippen molar-refractivity contribution in [1.29, 1.82) is 5.26 Å². The highest BCUT2D eigenvalue weighted by molar-refractivity contribution is 6.02. The molecule has 0 aliphatic rings. The third kappa shape index (κ3) is 3.88. The maximum Gasteiger partial charge on any atom is 0.262 e. The van der Waals surface area contributed by atoms with Crippen LogP contribution < -0.4 is 10.1 Å². The molecule has 0 aliphatic heterocycles. The molecule has 0 unspecified atom stereocenters. The Balaban J connectivity index is 1.80. The van der Waals surface area contributed by atoms with Gasteiger partial charge in [-0.15, -0.1) is 0 Å². The Morgan fingerprint density at radius 1 is 1.24 bits per heavy atom. The molecule has 1 N–H and O–H groups in total. The number of nitriles is 1. The summed E-state index contributed by atoms with van der Waals surface area (Å²) in [5.74, 6) is 0.977. The van der Waals surface area contributed by atoms with Crippen molar-refractivity contribution in [2.24, 2.45) is 0 Å². The highest BCUT2D eigenvalue weighted by Gasteiger charge is 2.09. The van der Waals surface area contributed by atoms with Crippen LogP contribution in [-0.2, 0) is 11.3 Å². The van der Waals surface area contributed by atoms with Crippen molar-refractivity contribution in [3.05, 3.63) is 71.7 Å². The summed E-state index contributed by atoms with van der Waals surface area (Å²) in [5, 5.41) is 14.0. The summed E-state index contributed by atoms with van der Waals surface area (Å²) in [6.45, 7) is 0.238. The smallest absolute Gasteiger partial charge is 0.262 e. The van der Waals surface area contributed by atoms with Gasteiger partial charge in [-0.25, -0.2) is 0 Å². The molecule has 3 aromatic rings. The fourth-order valence-corrected chi connectivity index (χ4v) is 2.45. The van der Waals surface area contributed by atoms with Crippen LogP contribution in [0.25, 0.3) is 16.8 Å². The number of methoxy groups -OCH3 is 1. The summed E-state index contributed by atoms with van der Waals surface area (Å²) in [5.41, 5.74) is 0.821. The highest BCUT2D eigenvalue weighted by atomic mass is 16.5. The normalized spacial score (nSPS) is 11.1. The summed E-state index contributed by atoms with van der Waals surface area (Å²) in [6, 6.07) is 16.9. The molecule has 5 heteroatoms. The molecule has 0 saturated heterocycles. The average molecular weight is 332 g/mol. The molecule has 0 spiro atoms. The second kappa shape index (κ2) is 7.37. The van der Waals surface area contributed by atoms with E-state index in [1.54, 1.807) is 25.3 Å². The van der Waals surface area contributed by atoms with Gasteiger partial charge in [0.2, 0.25) is 0 Å².